The lowest BCUT2D eigenvalue weighted by molar-refractivity contribution is 0.106. The maximum Gasteiger partial charge on any atom is 0.119 e. The van der Waals surface area contributed by atoms with Gasteiger partial charge in [-0.1, -0.05) is 62.4 Å². The van der Waals surface area contributed by atoms with Crippen molar-refractivity contribution in [3.05, 3.63) is 95.8 Å². The van der Waals surface area contributed by atoms with Gasteiger partial charge in [0.25, 0.3) is 0 Å². The second kappa shape index (κ2) is 10.2. The molecule has 2 aromatic carbocycles. The second-order valence-corrected chi connectivity index (χ2v) is 7.76. The lowest BCUT2D eigenvalue weighted by Crippen LogP contribution is -2.32. The van der Waals surface area contributed by atoms with E-state index in [0.29, 0.717) is 6.54 Å². The number of hydrogen-bond acceptors (Lipinski definition) is 4. The molecule has 0 unspecified atom stereocenters. The average molecular weight is 391 g/mol. The quantitative estimate of drug-likeness (QED) is 0.514. The number of aromatic nitrogens is 1. The minimum atomic E-state index is -0.556. The first-order valence-corrected chi connectivity index (χ1v) is 10.1. The number of aliphatic hydroxyl groups is 1. The normalized spacial score (nSPS) is 12.5. The van der Waals surface area contributed by atoms with E-state index >= 15 is 0 Å². The van der Waals surface area contributed by atoms with Crippen molar-refractivity contribution < 1.29 is 9.84 Å². The summed E-state index contributed by atoms with van der Waals surface area (Å²) >= 11 is 0. The van der Waals surface area contributed by atoms with Gasteiger partial charge >= 0.3 is 0 Å². The molecule has 0 amide bonds. The molecule has 0 aliphatic rings. The molecule has 1 aromatic heterocycles. The summed E-state index contributed by atoms with van der Waals surface area (Å²) in [5.74, 6) is 0.769. The Bertz CT molecular complexity index is 849. The summed E-state index contributed by atoms with van der Waals surface area (Å²) in [6.07, 6.45) is 2.08. The first kappa shape index (κ1) is 21.0. The van der Waals surface area contributed by atoms with Crippen molar-refractivity contribution in [2.45, 2.75) is 31.8 Å². The number of nitrogens with zero attached hydrogens (tertiary/aromatic N) is 1. The third-order valence-corrected chi connectivity index (χ3v) is 5.18. The minimum Gasteiger partial charge on any atom is -0.491 e. The number of benzene rings is 2. The number of rotatable bonds is 10. The Hall–Kier alpha value is -2.69. The van der Waals surface area contributed by atoms with Crippen LogP contribution in [0.5, 0.6) is 5.75 Å². The Balaban J connectivity index is 1.42. The van der Waals surface area contributed by atoms with Gasteiger partial charge in [-0.2, -0.15) is 0 Å². The number of aliphatic hydroxyl groups excluding tert-OH is 1. The first-order chi connectivity index (χ1) is 14.1. The van der Waals surface area contributed by atoms with E-state index in [4.69, 9.17) is 4.74 Å². The smallest absolute Gasteiger partial charge is 0.119 e. The molecular weight excluding hydrogens is 360 g/mol. The van der Waals surface area contributed by atoms with Crippen LogP contribution < -0.4 is 10.1 Å². The van der Waals surface area contributed by atoms with Crippen LogP contribution in [0.2, 0.25) is 0 Å². The second-order valence-electron chi connectivity index (χ2n) is 7.76. The highest BCUT2D eigenvalue weighted by Crippen LogP contribution is 2.32. The van der Waals surface area contributed by atoms with E-state index in [0.717, 1.165) is 24.4 Å². The monoisotopic (exact) mass is 390 g/mol. The maximum atomic E-state index is 10.1. The molecule has 152 valence electrons. The molecule has 0 aliphatic carbocycles. The van der Waals surface area contributed by atoms with E-state index in [1.165, 1.54) is 11.1 Å². The van der Waals surface area contributed by atoms with E-state index in [2.05, 4.69) is 60.5 Å². The van der Waals surface area contributed by atoms with Crippen molar-refractivity contribution in [1.82, 2.24) is 10.3 Å². The van der Waals surface area contributed by atoms with Gasteiger partial charge in [-0.25, -0.2) is 0 Å². The van der Waals surface area contributed by atoms with Gasteiger partial charge in [0.1, 0.15) is 18.5 Å². The van der Waals surface area contributed by atoms with Crippen molar-refractivity contribution in [3.8, 4) is 5.75 Å². The van der Waals surface area contributed by atoms with Gasteiger partial charge in [-0.05, 0) is 35.4 Å². The Morgan fingerprint density at radius 1 is 0.931 bits per heavy atom. The van der Waals surface area contributed by atoms with Crippen LogP contribution in [-0.2, 0) is 11.8 Å². The van der Waals surface area contributed by atoms with Gasteiger partial charge in [-0.15, -0.1) is 0 Å². The number of ether oxygens (including phenoxy) is 1. The van der Waals surface area contributed by atoms with Crippen LogP contribution in [0.15, 0.2) is 79.0 Å². The minimum absolute atomic E-state index is 0.0726. The fourth-order valence-corrected chi connectivity index (χ4v) is 3.27. The SMILES string of the molecule is CC(C)(c1ccccc1)c1ccc(OC[C@@H](O)CNCCc2ccccn2)cc1. The van der Waals surface area contributed by atoms with Crippen molar-refractivity contribution in [2.75, 3.05) is 19.7 Å². The third-order valence-electron chi connectivity index (χ3n) is 5.18. The van der Waals surface area contributed by atoms with Gasteiger partial charge in [0.15, 0.2) is 0 Å². The molecule has 4 nitrogen and oxygen atoms in total. The topological polar surface area (TPSA) is 54.4 Å². The molecular formula is C25H30N2O2. The molecule has 0 spiro atoms. The van der Waals surface area contributed by atoms with Gasteiger partial charge in [0.2, 0.25) is 0 Å². The van der Waals surface area contributed by atoms with Crippen LogP contribution in [0.25, 0.3) is 0 Å². The highest BCUT2D eigenvalue weighted by molar-refractivity contribution is 5.39. The summed E-state index contributed by atoms with van der Waals surface area (Å²) in [6, 6.07) is 24.5. The van der Waals surface area contributed by atoms with Crippen LogP contribution >= 0.6 is 0 Å². The fourth-order valence-electron chi connectivity index (χ4n) is 3.27. The Morgan fingerprint density at radius 3 is 2.31 bits per heavy atom. The molecule has 1 atom stereocenters. The van der Waals surface area contributed by atoms with E-state index < -0.39 is 6.10 Å². The van der Waals surface area contributed by atoms with Crippen molar-refractivity contribution >= 4 is 0 Å². The Labute approximate surface area is 173 Å². The summed E-state index contributed by atoms with van der Waals surface area (Å²) in [6.45, 7) is 5.97. The predicted octanol–water partition coefficient (Wildman–Crippen LogP) is 3.98. The van der Waals surface area contributed by atoms with Gasteiger partial charge in [0, 0.05) is 36.8 Å². The molecule has 0 aliphatic heterocycles. The zero-order valence-electron chi connectivity index (χ0n) is 17.2. The van der Waals surface area contributed by atoms with Crippen LogP contribution in [0.3, 0.4) is 0 Å². The standard InChI is InChI=1S/C25H30N2O2/c1-25(2,20-8-4-3-5-9-20)21-11-13-24(14-12-21)29-19-23(28)18-26-17-15-22-10-6-7-16-27-22/h3-14,16,23,26,28H,15,17-19H2,1-2H3/t23-/m0/s1. The zero-order chi connectivity index (χ0) is 20.5. The van der Waals surface area contributed by atoms with Gasteiger partial charge in [0.05, 0.1) is 0 Å². The molecule has 0 saturated carbocycles. The lowest BCUT2D eigenvalue weighted by atomic mass is 9.78. The van der Waals surface area contributed by atoms with E-state index in [9.17, 15) is 5.11 Å². The first-order valence-electron chi connectivity index (χ1n) is 10.1. The van der Waals surface area contributed by atoms with Crippen LogP contribution in [0.4, 0.5) is 0 Å². The van der Waals surface area contributed by atoms with E-state index in [-0.39, 0.29) is 12.0 Å². The predicted molar refractivity (Wildman–Crippen MR) is 117 cm³/mol. The van der Waals surface area contributed by atoms with Crippen LogP contribution in [0.1, 0.15) is 30.7 Å². The Kier molecular flexibility index (Phi) is 7.39. The van der Waals surface area contributed by atoms with Gasteiger partial charge in [-0.3, -0.25) is 4.98 Å². The van der Waals surface area contributed by atoms with E-state index in [1.807, 2.05) is 36.4 Å². The summed E-state index contributed by atoms with van der Waals surface area (Å²) in [4.78, 5) is 4.29. The lowest BCUT2D eigenvalue weighted by Gasteiger charge is -2.26. The summed E-state index contributed by atoms with van der Waals surface area (Å²) in [7, 11) is 0. The summed E-state index contributed by atoms with van der Waals surface area (Å²) in [5.41, 5.74) is 3.48. The van der Waals surface area contributed by atoms with Crippen LogP contribution in [-0.4, -0.2) is 35.9 Å². The molecule has 3 aromatic rings. The van der Waals surface area contributed by atoms with Crippen LogP contribution in [0, 0.1) is 0 Å². The Morgan fingerprint density at radius 2 is 1.62 bits per heavy atom. The highest BCUT2D eigenvalue weighted by atomic mass is 16.5. The zero-order valence-corrected chi connectivity index (χ0v) is 17.2. The van der Waals surface area contributed by atoms with Crippen molar-refractivity contribution in [1.29, 1.82) is 0 Å². The molecule has 3 rings (SSSR count). The number of hydrogen-bond donors (Lipinski definition) is 2. The molecule has 1 heterocycles. The van der Waals surface area contributed by atoms with Crippen molar-refractivity contribution in [2.24, 2.45) is 0 Å². The summed E-state index contributed by atoms with van der Waals surface area (Å²) < 4.78 is 5.75. The van der Waals surface area contributed by atoms with E-state index in [1.54, 1.807) is 6.20 Å². The fraction of sp³-hybridized carbons (Fsp3) is 0.320. The molecule has 29 heavy (non-hydrogen) atoms. The molecule has 2 N–H and O–H groups in total. The average Bonchev–Trinajstić information content (AvgIpc) is 2.77. The third kappa shape index (κ3) is 6.14. The highest BCUT2D eigenvalue weighted by Gasteiger charge is 2.22. The molecule has 0 radical (unpaired) electrons. The summed E-state index contributed by atoms with van der Waals surface area (Å²) in [5, 5.41) is 13.4. The number of nitrogens with one attached hydrogen (secondary N) is 1. The largest absolute Gasteiger partial charge is 0.491 e. The molecule has 0 bridgehead atoms. The van der Waals surface area contributed by atoms with Gasteiger partial charge < -0.3 is 15.2 Å². The maximum absolute atomic E-state index is 10.1. The molecule has 0 saturated heterocycles. The molecule has 0 fully saturated rings. The number of pyridine rings is 1. The molecule has 4 heteroatoms. The van der Waals surface area contributed by atoms with Crippen molar-refractivity contribution in [3.63, 3.8) is 0 Å².